The zero-order valence-corrected chi connectivity index (χ0v) is 23.0. The summed E-state index contributed by atoms with van der Waals surface area (Å²) in [5.41, 5.74) is -1.30. The Labute approximate surface area is 222 Å². The molecule has 2 atom stereocenters. The molecule has 0 saturated carbocycles. The molecule has 0 bridgehead atoms. The summed E-state index contributed by atoms with van der Waals surface area (Å²) in [5, 5.41) is 3.54. The second-order valence-corrected chi connectivity index (χ2v) is 11.3. The smallest absolute Gasteiger partial charge is 0.410 e. The number of nitrogens with one attached hydrogen (secondary N) is 1. The van der Waals surface area contributed by atoms with Gasteiger partial charge < -0.3 is 29.2 Å². The van der Waals surface area contributed by atoms with E-state index in [1.165, 1.54) is 20.3 Å². The largest absolute Gasteiger partial charge is 0.496 e. The average molecular weight is 535 g/mol. The maximum absolute atomic E-state index is 14.0. The lowest BCUT2D eigenvalue weighted by Crippen LogP contribution is -2.55. The van der Waals surface area contributed by atoms with Crippen molar-refractivity contribution in [3.05, 3.63) is 28.4 Å². The van der Waals surface area contributed by atoms with E-state index in [2.05, 4.69) is 5.32 Å². The summed E-state index contributed by atoms with van der Waals surface area (Å²) in [4.78, 5) is 40.6. The molecule has 10 heteroatoms. The topological polar surface area (TPSA) is 103 Å². The van der Waals surface area contributed by atoms with Crippen molar-refractivity contribution >= 4 is 29.3 Å². The van der Waals surface area contributed by atoms with Crippen molar-refractivity contribution in [1.29, 1.82) is 0 Å². The molecule has 0 aromatic heterocycles. The first-order valence-corrected chi connectivity index (χ1v) is 12.9. The van der Waals surface area contributed by atoms with Crippen LogP contribution in [0.15, 0.2) is 17.8 Å². The maximum Gasteiger partial charge on any atom is 0.410 e. The van der Waals surface area contributed by atoms with Gasteiger partial charge in [0, 0.05) is 44.1 Å². The molecule has 9 nitrogen and oxygen atoms in total. The highest BCUT2D eigenvalue weighted by atomic mass is 35.5. The summed E-state index contributed by atoms with van der Waals surface area (Å²) in [7, 11) is 2.94. The molecule has 2 heterocycles. The third-order valence-electron chi connectivity index (χ3n) is 7.17. The number of nitrogens with zero attached hydrogens (tertiary/aromatic N) is 1. The molecular weight excluding hydrogens is 500 g/mol. The number of Topliss-reactive ketones (excluding diaryl/α,β-unsaturated/α-hetero) is 1. The van der Waals surface area contributed by atoms with Crippen LogP contribution in [0.3, 0.4) is 0 Å². The van der Waals surface area contributed by atoms with Crippen LogP contribution in [0, 0.1) is 11.8 Å². The minimum absolute atomic E-state index is 0.0802. The van der Waals surface area contributed by atoms with E-state index in [1.54, 1.807) is 11.0 Å². The number of methoxy groups -OCH3 is 2. The van der Waals surface area contributed by atoms with Crippen molar-refractivity contribution in [2.75, 3.05) is 33.9 Å². The molecule has 1 fully saturated rings. The van der Waals surface area contributed by atoms with Crippen LogP contribution in [-0.4, -0.2) is 67.6 Å². The van der Waals surface area contributed by atoms with Gasteiger partial charge in [0.05, 0.1) is 19.9 Å². The molecular formula is C27H35ClN2O7. The molecule has 1 N–H and O–H groups in total. The van der Waals surface area contributed by atoms with Crippen LogP contribution >= 0.6 is 11.6 Å². The molecule has 1 amide bonds. The zero-order chi connectivity index (χ0) is 27.1. The molecule has 1 aliphatic carbocycles. The van der Waals surface area contributed by atoms with Gasteiger partial charge in [0.25, 0.3) is 0 Å². The number of carbonyl (C=O) groups excluding carboxylic acids is 3. The number of benzene rings is 1. The van der Waals surface area contributed by atoms with E-state index in [-0.39, 0.29) is 46.3 Å². The highest BCUT2D eigenvalue weighted by Crippen LogP contribution is 2.54. The molecule has 37 heavy (non-hydrogen) atoms. The molecule has 4 rings (SSSR count). The van der Waals surface area contributed by atoms with E-state index in [0.29, 0.717) is 36.8 Å². The van der Waals surface area contributed by atoms with E-state index >= 15 is 0 Å². The Morgan fingerprint density at radius 2 is 1.84 bits per heavy atom. The Balaban J connectivity index is 1.53. The first-order valence-electron chi connectivity index (χ1n) is 12.6. The van der Waals surface area contributed by atoms with Crippen molar-refractivity contribution in [2.24, 2.45) is 11.8 Å². The zero-order valence-electron chi connectivity index (χ0n) is 22.2. The number of ether oxygens (including phenoxy) is 4. The third kappa shape index (κ3) is 4.98. The first-order chi connectivity index (χ1) is 17.4. The van der Waals surface area contributed by atoms with Crippen LogP contribution in [0.4, 0.5) is 4.79 Å². The standard InChI is InChI=1S/C27H35ClN2O7/c1-15-11-17(31)12-20(29-14-16-7-9-30(10-8-16)25(33)37-26(2,3)4)27(15)24(32)21-18(34-5)13-19(35-6)22(28)23(21)36-27/h12-13,15-16,29H,7-11,14H2,1-6H3/t15-,27+/m1/s1. The second kappa shape index (κ2) is 10.1. The summed E-state index contributed by atoms with van der Waals surface area (Å²) in [6.07, 6.45) is 2.85. The number of piperidine rings is 1. The summed E-state index contributed by atoms with van der Waals surface area (Å²) in [5.74, 6) is 0.246. The van der Waals surface area contributed by atoms with Gasteiger partial charge in [-0.1, -0.05) is 18.5 Å². The predicted molar refractivity (Wildman–Crippen MR) is 138 cm³/mol. The second-order valence-electron chi connectivity index (χ2n) is 10.9. The van der Waals surface area contributed by atoms with Crippen molar-refractivity contribution in [3.63, 3.8) is 0 Å². The van der Waals surface area contributed by atoms with Crippen LogP contribution < -0.4 is 19.5 Å². The summed E-state index contributed by atoms with van der Waals surface area (Å²) in [6, 6.07) is 1.56. The molecule has 0 unspecified atom stereocenters. The van der Waals surface area contributed by atoms with Gasteiger partial charge in [0.2, 0.25) is 11.4 Å². The molecule has 202 valence electrons. The van der Waals surface area contributed by atoms with Gasteiger partial charge in [0.1, 0.15) is 27.7 Å². The molecule has 1 aromatic carbocycles. The molecule has 1 saturated heterocycles. The molecule has 0 radical (unpaired) electrons. The molecule has 3 aliphatic rings. The van der Waals surface area contributed by atoms with Crippen molar-refractivity contribution in [1.82, 2.24) is 10.2 Å². The number of hydrogen-bond donors (Lipinski definition) is 1. The number of amides is 1. The van der Waals surface area contributed by atoms with Gasteiger partial charge in [-0.15, -0.1) is 0 Å². The number of ketones is 2. The monoisotopic (exact) mass is 534 g/mol. The normalized spacial score (nSPS) is 23.9. The Bertz CT molecular complexity index is 1130. The summed E-state index contributed by atoms with van der Waals surface area (Å²) >= 11 is 6.55. The fourth-order valence-corrected chi connectivity index (χ4v) is 5.49. The molecule has 2 aliphatic heterocycles. The fraction of sp³-hybridized carbons (Fsp3) is 0.593. The summed E-state index contributed by atoms with van der Waals surface area (Å²) < 4.78 is 22.7. The number of rotatable bonds is 5. The Morgan fingerprint density at radius 3 is 2.43 bits per heavy atom. The van der Waals surface area contributed by atoms with Gasteiger partial charge in [-0.2, -0.15) is 0 Å². The third-order valence-corrected chi connectivity index (χ3v) is 7.53. The lowest BCUT2D eigenvalue weighted by Gasteiger charge is -2.39. The highest BCUT2D eigenvalue weighted by Gasteiger charge is 2.59. The van der Waals surface area contributed by atoms with E-state index < -0.39 is 17.1 Å². The van der Waals surface area contributed by atoms with Crippen LogP contribution in [0.5, 0.6) is 17.2 Å². The van der Waals surface area contributed by atoms with E-state index in [0.717, 1.165) is 12.8 Å². The number of hydrogen-bond acceptors (Lipinski definition) is 8. The van der Waals surface area contributed by atoms with E-state index in [1.807, 2.05) is 27.7 Å². The van der Waals surface area contributed by atoms with Crippen LogP contribution in [0.25, 0.3) is 0 Å². The number of halogens is 1. The minimum atomic E-state index is -1.42. The number of carbonyl (C=O) groups is 3. The SMILES string of the molecule is COc1cc(OC)c2c(c1Cl)O[C@]1(C2=O)C(NCC2CCN(C(=O)OC(C)(C)C)CC2)=CC(=O)C[C@H]1C. The van der Waals surface area contributed by atoms with E-state index in [9.17, 15) is 14.4 Å². The van der Waals surface area contributed by atoms with Gasteiger partial charge in [-0.25, -0.2) is 4.79 Å². The molecule has 1 spiro atoms. The minimum Gasteiger partial charge on any atom is -0.496 e. The molecule has 1 aromatic rings. The predicted octanol–water partition coefficient (Wildman–Crippen LogP) is 4.40. The van der Waals surface area contributed by atoms with Gasteiger partial charge >= 0.3 is 6.09 Å². The number of likely N-dealkylation sites (tertiary alicyclic amines) is 1. The van der Waals surface area contributed by atoms with Crippen LogP contribution in [0.2, 0.25) is 5.02 Å². The Hall–Kier alpha value is -2.94. The van der Waals surface area contributed by atoms with E-state index in [4.69, 9.17) is 30.5 Å². The summed E-state index contributed by atoms with van der Waals surface area (Å²) in [6.45, 7) is 9.05. The number of allylic oxidation sites excluding steroid dienone is 1. The lowest BCUT2D eigenvalue weighted by atomic mass is 9.74. The van der Waals surface area contributed by atoms with Crippen LogP contribution in [0.1, 0.15) is 57.3 Å². The highest BCUT2D eigenvalue weighted by molar-refractivity contribution is 6.35. The van der Waals surface area contributed by atoms with Crippen molar-refractivity contribution in [3.8, 4) is 17.2 Å². The van der Waals surface area contributed by atoms with Crippen molar-refractivity contribution in [2.45, 2.75) is 58.2 Å². The Kier molecular flexibility index (Phi) is 7.38. The van der Waals surface area contributed by atoms with Gasteiger partial charge in [0.15, 0.2) is 11.5 Å². The van der Waals surface area contributed by atoms with Crippen molar-refractivity contribution < 1.29 is 33.3 Å². The lowest BCUT2D eigenvalue weighted by molar-refractivity contribution is -0.117. The number of fused-ring (bicyclic) bond motifs is 1. The van der Waals surface area contributed by atoms with Crippen LogP contribution in [-0.2, 0) is 9.53 Å². The quantitative estimate of drug-likeness (QED) is 0.593. The van der Waals surface area contributed by atoms with Gasteiger partial charge in [-0.05, 0) is 39.5 Å². The fourth-order valence-electron chi connectivity index (χ4n) is 5.22. The maximum atomic E-state index is 14.0. The van der Waals surface area contributed by atoms with Gasteiger partial charge in [-0.3, -0.25) is 9.59 Å². The average Bonchev–Trinajstić information content (AvgIpc) is 3.15. The Morgan fingerprint density at radius 1 is 1.19 bits per heavy atom. The first kappa shape index (κ1) is 27.1.